The number of nitrogen functional groups attached to an aromatic ring is 1. The number of nitro benzene ring substituents is 1. The van der Waals surface area contributed by atoms with Crippen LogP contribution in [0.5, 0.6) is 5.75 Å². The lowest BCUT2D eigenvalue weighted by Crippen LogP contribution is -2.40. The van der Waals surface area contributed by atoms with Gasteiger partial charge >= 0.3 is 5.69 Å². The summed E-state index contributed by atoms with van der Waals surface area (Å²) in [5.74, 6) is -0.344. The van der Waals surface area contributed by atoms with E-state index in [1.807, 2.05) is 6.92 Å². The Hall–Kier alpha value is -4.67. The molecule has 0 spiro atoms. The van der Waals surface area contributed by atoms with Crippen molar-refractivity contribution in [2.24, 2.45) is 0 Å². The van der Waals surface area contributed by atoms with E-state index < -0.39 is 22.1 Å². The lowest BCUT2D eigenvalue weighted by atomic mass is 10.1. The number of nitro groups is 1. The van der Waals surface area contributed by atoms with Crippen molar-refractivity contribution in [2.45, 2.75) is 32.9 Å². The van der Waals surface area contributed by atoms with Gasteiger partial charge < -0.3 is 10.5 Å². The van der Waals surface area contributed by atoms with Gasteiger partial charge in [-0.15, -0.1) is 0 Å². The lowest BCUT2D eigenvalue weighted by Gasteiger charge is -2.24. The zero-order valence-electron chi connectivity index (χ0n) is 20.0. The number of carbonyl (C=O) groups is 1. The molecule has 3 aromatic rings. The predicted octanol–water partition coefficient (Wildman–Crippen LogP) is 3.08. The Labute approximate surface area is 206 Å². The number of nitrogens with two attached hydrogens (primary N) is 1. The summed E-state index contributed by atoms with van der Waals surface area (Å²) >= 11 is 0. The van der Waals surface area contributed by atoms with Gasteiger partial charge in [-0.2, -0.15) is 0 Å². The topological polar surface area (TPSA) is 154 Å². The fourth-order valence-electron chi connectivity index (χ4n) is 3.69. The summed E-state index contributed by atoms with van der Waals surface area (Å²) in [6, 6.07) is 12.9. The van der Waals surface area contributed by atoms with Gasteiger partial charge in [0.25, 0.3) is 17.2 Å². The number of unbranched alkanes of at least 4 members (excludes halogenated alkanes) is 1. The van der Waals surface area contributed by atoms with Crippen molar-refractivity contribution in [3.63, 3.8) is 0 Å². The van der Waals surface area contributed by atoms with Crippen LogP contribution in [0.4, 0.5) is 17.2 Å². The number of ether oxygens (including phenoxy) is 1. The molecular weight excluding hydrogens is 466 g/mol. The molecule has 3 rings (SSSR count). The molecule has 0 radical (unpaired) electrons. The molecule has 11 nitrogen and oxygen atoms in total. The Balaban J connectivity index is 2.13. The first kappa shape index (κ1) is 25.9. The molecule has 0 saturated carbocycles. The monoisotopic (exact) mass is 493 g/mol. The molecule has 188 valence electrons. The molecule has 1 heterocycles. The molecule has 0 saturated heterocycles. The Kier molecular flexibility index (Phi) is 8.39. The molecule has 0 unspecified atom stereocenters. The molecular formula is C25H27N5O6. The maximum absolute atomic E-state index is 13.4. The standard InChI is InChI=1S/C25H27N5O6/c1-3-4-15-28-23(26)22(24(32)27-25(28)33)29(16-18-10-6-8-12-20(18)36-2)21(31)14-13-17-9-5-7-11-19(17)30(34)35/h5-14H,3-4,15-16,26H2,1-2H3,(H,27,32,33)/b14-13+. The first-order valence-corrected chi connectivity index (χ1v) is 11.3. The third-order valence-corrected chi connectivity index (χ3v) is 5.55. The fraction of sp³-hybridized carbons (Fsp3) is 0.240. The van der Waals surface area contributed by atoms with Gasteiger partial charge in [0.1, 0.15) is 11.6 Å². The lowest BCUT2D eigenvalue weighted by molar-refractivity contribution is -0.385. The molecule has 36 heavy (non-hydrogen) atoms. The zero-order chi connectivity index (χ0) is 26.2. The highest BCUT2D eigenvalue weighted by Crippen LogP contribution is 2.26. The van der Waals surface area contributed by atoms with Crippen LogP contribution in [0, 0.1) is 10.1 Å². The number of nitrogens with zero attached hydrogens (tertiary/aromatic N) is 3. The first-order valence-electron chi connectivity index (χ1n) is 11.3. The quantitative estimate of drug-likeness (QED) is 0.250. The van der Waals surface area contributed by atoms with E-state index in [0.717, 1.165) is 17.4 Å². The molecule has 2 aromatic carbocycles. The van der Waals surface area contributed by atoms with Crippen molar-refractivity contribution in [2.75, 3.05) is 17.7 Å². The van der Waals surface area contributed by atoms with Gasteiger partial charge in [-0.25, -0.2) is 4.79 Å². The van der Waals surface area contributed by atoms with E-state index in [1.165, 1.54) is 36.0 Å². The van der Waals surface area contributed by atoms with E-state index in [2.05, 4.69) is 4.98 Å². The number of para-hydroxylation sites is 2. The zero-order valence-corrected chi connectivity index (χ0v) is 20.0. The molecule has 11 heteroatoms. The number of hydrogen-bond donors (Lipinski definition) is 2. The molecule has 0 aliphatic rings. The summed E-state index contributed by atoms with van der Waals surface area (Å²) in [7, 11) is 1.48. The highest BCUT2D eigenvalue weighted by atomic mass is 16.6. The smallest absolute Gasteiger partial charge is 0.330 e. The largest absolute Gasteiger partial charge is 0.496 e. The van der Waals surface area contributed by atoms with Crippen molar-refractivity contribution in [1.82, 2.24) is 9.55 Å². The highest BCUT2D eigenvalue weighted by molar-refractivity contribution is 6.05. The van der Waals surface area contributed by atoms with Crippen LogP contribution in [0.3, 0.4) is 0 Å². The van der Waals surface area contributed by atoms with Crippen LogP contribution in [-0.2, 0) is 17.9 Å². The second-order valence-electron chi connectivity index (χ2n) is 7.88. The van der Waals surface area contributed by atoms with Crippen LogP contribution in [0.15, 0.2) is 64.2 Å². The number of methoxy groups -OCH3 is 1. The minimum Gasteiger partial charge on any atom is -0.496 e. The van der Waals surface area contributed by atoms with Crippen LogP contribution in [0.25, 0.3) is 6.08 Å². The molecule has 0 bridgehead atoms. The minimum absolute atomic E-state index is 0.108. The minimum atomic E-state index is -0.826. The van der Waals surface area contributed by atoms with Crippen LogP contribution in [0.2, 0.25) is 0 Å². The number of amides is 1. The summed E-state index contributed by atoms with van der Waals surface area (Å²) in [6.45, 7) is 2.09. The van der Waals surface area contributed by atoms with Crippen molar-refractivity contribution < 1.29 is 14.5 Å². The second-order valence-corrected chi connectivity index (χ2v) is 7.88. The molecule has 1 amide bonds. The Bertz CT molecular complexity index is 1410. The molecule has 0 aliphatic carbocycles. The predicted molar refractivity (Wildman–Crippen MR) is 137 cm³/mol. The molecule has 0 aliphatic heterocycles. The average Bonchev–Trinajstić information content (AvgIpc) is 2.86. The molecule has 0 fully saturated rings. The van der Waals surface area contributed by atoms with E-state index in [-0.39, 0.29) is 35.8 Å². The first-order chi connectivity index (χ1) is 17.3. The third-order valence-electron chi connectivity index (χ3n) is 5.55. The number of aromatic nitrogens is 2. The Morgan fingerprint density at radius 3 is 2.58 bits per heavy atom. The van der Waals surface area contributed by atoms with Gasteiger partial charge in [-0.05, 0) is 24.6 Å². The van der Waals surface area contributed by atoms with Crippen molar-refractivity contribution in [3.05, 3.63) is 96.7 Å². The van der Waals surface area contributed by atoms with Crippen molar-refractivity contribution in [1.29, 1.82) is 0 Å². The summed E-state index contributed by atoms with van der Waals surface area (Å²) in [4.78, 5) is 52.9. The number of anilines is 2. The van der Waals surface area contributed by atoms with Gasteiger partial charge in [0, 0.05) is 24.3 Å². The van der Waals surface area contributed by atoms with E-state index in [0.29, 0.717) is 17.7 Å². The van der Waals surface area contributed by atoms with Gasteiger partial charge in [0.05, 0.1) is 24.1 Å². The van der Waals surface area contributed by atoms with Crippen LogP contribution in [-0.4, -0.2) is 27.5 Å². The SMILES string of the molecule is CCCCn1c(N)c(N(Cc2ccccc2OC)C(=O)/C=C/c2ccccc2[N+](=O)[O-])c(=O)[nH]c1=O. The normalized spacial score (nSPS) is 10.9. The summed E-state index contributed by atoms with van der Waals surface area (Å²) in [5, 5.41) is 11.3. The summed E-state index contributed by atoms with van der Waals surface area (Å²) < 4.78 is 6.60. The van der Waals surface area contributed by atoms with Crippen LogP contribution < -0.4 is 26.6 Å². The number of aromatic amines is 1. The van der Waals surface area contributed by atoms with Gasteiger partial charge in [-0.3, -0.25) is 34.2 Å². The maximum Gasteiger partial charge on any atom is 0.330 e. The fourth-order valence-corrected chi connectivity index (χ4v) is 3.69. The molecule has 1 aromatic heterocycles. The third kappa shape index (κ3) is 5.69. The van der Waals surface area contributed by atoms with Crippen LogP contribution in [0.1, 0.15) is 30.9 Å². The number of rotatable bonds is 10. The number of hydrogen-bond acceptors (Lipinski definition) is 7. The Morgan fingerprint density at radius 2 is 1.89 bits per heavy atom. The van der Waals surface area contributed by atoms with E-state index in [9.17, 15) is 24.5 Å². The summed E-state index contributed by atoms with van der Waals surface area (Å²) in [6.07, 6.45) is 3.84. The van der Waals surface area contributed by atoms with E-state index in [4.69, 9.17) is 10.5 Å². The molecule has 3 N–H and O–H groups in total. The van der Waals surface area contributed by atoms with Crippen molar-refractivity contribution >= 4 is 29.2 Å². The number of benzene rings is 2. The summed E-state index contributed by atoms with van der Waals surface area (Å²) in [5.41, 5.74) is 5.18. The van der Waals surface area contributed by atoms with Gasteiger partial charge in [0.2, 0.25) is 0 Å². The number of nitrogens with one attached hydrogen (secondary N) is 1. The van der Waals surface area contributed by atoms with Gasteiger partial charge in [-0.1, -0.05) is 43.7 Å². The number of H-pyrrole nitrogens is 1. The highest BCUT2D eigenvalue weighted by Gasteiger charge is 2.24. The number of carbonyl (C=O) groups excluding carboxylic acids is 1. The Morgan fingerprint density at radius 1 is 1.19 bits per heavy atom. The average molecular weight is 494 g/mol. The van der Waals surface area contributed by atoms with Gasteiger partial charge in [0.15, 0.2) is 5.69 Å². The maximum atomic E-state index is 13.4. The molecule has 0 atom stereocenters. The van der Waals surface area contributed by atoms with Crippen LogP contribution >= 0.6 is 0 Å². The van der Waals surface area contributed by atoms with Crippen molar-refractivity contribution in [3.8, 4) is 5.75 Å². The van der Waals surface area contributed by atoms with E-state index in [1.54, 1.807) is 30.3 Å². The van der Waals surface area contributed by atoms with E-state index >= 15 is 0 Å². The second kappa shape index (κ2) is 11.6.